The molecule has 0 spiro atoms. The van der Waals surface area contributed by atoms with Gasteiger partial charge in [0.1, 0.15) is 5.76 Å². The van der Waals surface area contributed by atoms with Gasteiger partial charge in [0.25, 0.3) is 0 Å². The topological polar surface area (TPSA) is 44.1 Å². The molecule has 0 fully saturated rings. The Morgan fingerprint density at radius 2 is 1.77 bits per heavy atom. The third-order valence-corrected chi connectivity index (χ3v) is 6.45. The Balaban J connectivity index is 1.72. The smallest absolute Gasteiger partial charge is 0.222 e. The van der Waals surface area contributed by atoms with Crippen molar-refractivity contribution >= 4 is 29.0 Å². The minimum Gasteiger partial charge on any atom is -0.443 e. The molecular weight excluding hydrogens is 419 g/mol. The van der Waals surface area contributed by atoms with Crippen molar-refractivity contribution in [2.45, 2.75) is 38.6 Å². The summed E-state index contributed by atoms with van der Waals surface area (Å²) < 4.78 is 8.21. The summed E-state index contributed by atoms with van der Waals surface area (Å²) in [6.07, 6.45) is 2.00. The van der Waals surface area contributed by atoms with Gasteiger partial charge in [0, 0.05) is 39.6 Å². The number of carbonyl (C=O) groups is 1. The minimum absolute atomic E-state index is 0.0955. The molecular formula is C24H20Cl2N2O2. The second-order valence-electron chi connectivity index (χ2n) is 7.73. The molecule has 0 saturated heterocycles. The van der Waals surface area contributed by atoms with Crippen molar-refractivity contribution in [2.75, 3.05) is 0 Å². The molecule has 2 aromatic carbocycles. The van der Waals surface area contributed by atoms with Gasteiger partial charge in [-0.1, -0.05) is 59.6 Å². The number of benzene rings is 2. The first-order valence-corrected chi connectivity index (χ1v) is 10.8. The SMILES string of the molecule is Cc1nn(Cc2ccccc2)c2c1[C@@H](c1c(Cl)cccc1Cl)C1=C(CCCC1=O)O2. The van der Waals surface area contributed by atoms with Crippen molar-refractivity contribution in [3.8, 4) is 5.88 Å². The van der Waals surface area contributed by atoms with Gasteiger partial charge in [0.05, 0.1) is 18.2 Å². The molecule has 0 unspecified atom stereocenters. The molecule has 6 heteroatoms. The number of nitrogens with zero attached hydrogens (tertiary/aromatic N) is 2. The second kappa shape index (κ2) is 7.60. The summed E-state index contributed by atoms with van der Waals surface area (Å²) in [6, 6.07) is 15.6. The summed E-state index contributed by atoms with van der Waals surface area (Å²) in [6.45, 7) is 2.52. The molecule has 1 aliphatic heterocycles. The van der Waals surface area contributed by atoms with Crippen LogP contribution in [-0.4, -0.2) is 15.6 Å². The molecule has 0 radical (unpaired) electrons. The average molecular weight is 439 g/mol. The lowest BCUT2D eigenvalue weighted by Crippen LogP contribution is -2.26. The number of hydrogen-bond donors (Lipinski definition) is 0. The summed E-state index contributed by atoms with van der Waals surface area (Å²) >= 11 is 13.2. The zero-order valence-electron chi connectivity index (χ0n) is 16.5. The predicted octanol–water partition coefficient (Wildman–Crippen LogP) is 6.08. The lowest BCUT2D eigenvalue weighted by Gasteiger charge is -2.32. The van der Waals surface area contributed by atoms with E-state index >= 15 is 0 Å². The van der Waals surface area contributed by atoms with Gasteiger partial charge >= 0.3 is 0 Å². The van der Waals surface area contributed by atoms with E-state index in [0.29, 0.717) is 46.6 Å². The number of allylic oxidation sites excluding steroid dienone is 2. The molecule has 1 atom stereocenters. The summed E-state index contributed by atoms with van der Waals surface area (Å²) in [5, 5.41) is 5.86. The van der Waals surface area contributed by atoms with E-state index in [9.17, 15) is 4.79 Å². The number of fused-ring (bicyclic) bond motifs is 1. The number of ketones is 1. The maximum Gasteiger partial charge on any atom is 0.222 e. The second-order valence-corrected chi connectivity index (χ2v) is 8.55. The summed E-state index contributed by atoms with van der Waals surface area (Å²) in [4.78, 5) is 13.0. The highest BCUT2D eigenvalue weighted by Crippen LogP contribution is 2.51. The molecule has 30 heavy (non-hydrogen) atoms. The van der Waals surface area contributed by atoms with E-state index < -0.39 is 0 Å². The monoisotopic (exact) mass is 438 g/mol. The molecule has 1 aromatic heterocycles. The van der Waals surface area contributed by atoms with E-state index in [2.05, 4.69) is 12.1 Å². The molecule has 0 bridgehead atoms. The highest BCUT2D eigenvalue weighted by Gasteiger charge is 2.41. The number of hydrogen-bond acceptors (Lipinski definition) is 3. The van der Waals surface area contributed by atoms with Gasteiger partial charge in [-0.05, 0) is 31.0 Å². The van der Waals surface area contributed by atoms with E-state index in [1.807, 2.05) is 48.0 Å². The number of aryl methyl sites for hydroxylation is 1. The molecule has 2 heterocycles. The molecule has 1 aliphatic carbocycles. The van der Waals surface area contributed by atoms with Crippen LogP contribution >= 0.6 is 23.2 Å². The van der Waals surface area contributed by atoms with Crippen LogP contribution in [0.5, 0.6) is 5.88 Å². The quantitative estimate of drug-likeness (QED) is 0.497. The first-order valence-electron chi connectivity index (χ1n) is 10.0. The minimum atomic E-state index is -0.373. The highest BCUT2D eigenvalue weighted by atomic mass is 35.5. The van der Waals surface area contributed by atoms with Gasteiger partial charge in [0.15, 0.2) is 5.78 Å². The predicted molar refractivity (Wildman–Crippen MR) is 117 cm³/mol. The first kappa shape index (κ1) is 19.4. The third kappa shape index (κ3) is 3.15. The van der Waals surface area contributed by atoms with Gasteiger partial charge in [-0.15, -0.1) is 0 Å². The highest BCUT2D eigenvalue weighted by molar-refractivity contribution is 6.36. The molecule has 0 saturated carbocycles. The number of rotatable bonds is 3. The van der Waals surface area contributed by atoms with E-state index in [1.165, 1.54) is 0 Å². The van der Waals surface area contributed by atoms with E-state index in [1.54, 1.807) is 0 Å². The molecule has 5 rings (SSSR count). The van der Waals surface area contributed by atoms with Crippen molar-refractivity contribution < 1.29 is 9.53 Å². The number of Topliss-reactive ketones (excluding diaryl/α,β-unsaturated/α-hetero) is 1. The average Bonchev–Trinajstić information content (AvgIpc) is 3.03. The van der Waals surface area contributed by atoms with Crippen LogP contribution in [0.4, 0.5) is 0 Å². The van der Waals surface area contributed by atoms with Crippen molar-refractivity contribution in [2.24, 2.45) is 0 Å². The van der Waals surface area contributed by atoms with Crippen molar-refractivity contribution in [3.05, 3.63) is 92.3 Å². The number of halogens is 2. The van der Waals surface area contributed by atoms with Crippen molar-refractivity contribution in [1.29, 1.82) is 0 Å². The molecule has 0 N–H and O–H groups in total. The van der Waals surface area contributed by atoms with Crippen LogP contribution in [0.3, 0.4) is 0 Å². The lowest BCUT2D eigenvalue weighted by molar-refractivity contribution is -0.116. The summed E-state index contributed by atoms with van der Waals surface area (Å²) in [5.74, 6) is 1.11. The van der Waals surface area contributed by atoms with Crippen LogP contribution in [0.15, 0.2) is 59.9 Å². The van der Waals surface area contributed by atoms with E-state index in [-0.39, 0.29) is 11.7 Å². The summed E-state index contributed by atoms with van der Waals surface area (Å²) in [7, 11) is 0. The van der Waals surface area contributed by atoms with Gasteiger partial charge in [-0.2, -0.15) is 5.10 Å². The normalized spacial score (nSPS) is 18.1. The van der Waals surface area contributed by atoms with Gasteiger partial charge < -0.3 is 4.74 Å². The molecule has 4 nitrogen and oxygen atoms in total. The fourth-order valence-corrected chi connectivity index (χ4v) is 5.09. The first-order chi connectivity index (χ1) is 14.5. The number of ether oxygens (including phenoxy) is 1. The van der Waals surface area contributed by atoms with E-state index in [4.69, 9.17) is 33.0 Å². The molecule has 152 valence electrons. The zero-order chi connectivity index (χ0) is 20.8. The summed E-state index contributed by atoms with van der Waals surface area (Å²) in [5.41, 5.74) is 4.22. The van der Waals surface area contributed by atoms with Crippen LogP contribution in [-0.2, 0) is 11.3 Å². The fraction of sp³-hybridized carbons (Fsp3) is 0.250. The lowest BCUT2D eigenvalue weighted by atomic mass is 9.77. The van der Waals surface area contributed by atoms with Crippen LogP contribution in [0.25, 0.3) is 0 Å². The van der Waals surface area contributed by atoms with Crippen LogP contribution in [0, 0.1) is 6.92 Å². The Morgan fingerprint density at radius 3 is 2.50 bits per heavy atom. The van der Waals surface area contributed by atoms with Gasteiger partial charge in [-0.3, -0.25) is 4.79 Å². The maximum atomic E-state index is 13.0. The van der Waals surface area contributed by atoms with Crippen LogP contribution < -0.4 is 4.74 Å². The number of carbonyl (C=O) groups excluding carboxylic acids is 1. The van der Waals surface area contributed by atoms with Gasteiger partial charge in [-0.25, -0.2) is 4.68 Å². The van der Waals surface area contributed by atoms with Gasteiger partial charge in [0.2, 0.25) is 5.88 Å². The standard InChI is InChI=1S/C24H20Cl2N2O2/c1-14-20-23(21-16(25)9-5-10-17(21)26)22-18(29)11-6-12-19(22)30-24(20)28(27-14)13-15-7-3-2-4-8-15/h2-5,7-10,23H,6,11-13H2,1H3/t23-/m0/s1. The fourth-order valence-electron chi connectivity index (χ4n) is 4.48. The zero-order valence-corrected chi connectivity index (χ0v) is 18.0. The van der Waals surface area contributed by atoms with Crippen molar-refractivity contribution in [1.82, 2.24) is 9.78 Å². The Kier molecular flexibility index (Phi) is 4.92. The Hall–Kier alpha value is -2.56. The largest absolute Gasteiger partial charge is 0.443 e. The van der Waals surface area contributed by atoms with Crippen LogP contribution in [0.1, 0.15) is 47.6 Å². The third-order valence-electron chi connectivity index (χ3n) is 5.79. The maximum absolute atomic E-state index is 13.0. The Bertz CT molecular complexity index is 1160. The molecule has 0 amide bonds. The Labute approximate surface area is 185 Å². The number of aromatic nitrogens is 2. The van der Waals surface area contributed by atoms with Crippen LogP contribution in [0.2, 0.25) is 10.0 Å². The van der Waals surface area contributed by atoms with Crippen molar-refractivity contribution in [3.63, 3.8) is 0 Å². The van der Waals surface area contributed by atoms with E-state index in [0.717, 1.165) is 28.8 Å². The Morgan fingerprint density at radius 1 is 1.03 bits per heavy atom. The molecule has 2 aliphatic rings. The molecule has 3 aromatic rings.